The molecule has 150 valence electrons. The van der Waals surface area contributed by atoms with Crippen molar-refractivity contribution in [3.05, 3.63) is 64.7 Å². The third-order valence-electron chi connectivity index (χ3n) is 5.09. The standard InChI is InChI=1S/C22H26ClNO4/c1-15(25)27-28-21-10-4-6-17(13-21)16-5-3-9-20(12-16)24-14-22(26)18-7-2-8-19(23)11-18/h2,4,6-8,10-11,13,16,20,22,24,26H,3,5,9,12,14H2,1H3/t16?,20?,22-/m0/s1. The van der Waals surface area contributed by atoms with Gasteiger partial charge in [0.25, 0.3) is 0 Å². The number of aliphatic hydroxyl groups excluding tert-OH is 1. The van der Waals surface area contributed by atoms with Gasteiger partial charge in [-0.1, -0.05) is 42.3 Å². The van der Waals surface area contributed by atoms with Crippen LogP contribution in [0.1, 0.15) is 55.8 Å². The zero-order chi connectivity index (χ0) is 19.9. The van der Waals surface area contributed by atoms with Gasteiger partial charge in [0.2, 0.25) is 0 Å². The second-order valence-electron chi connectivity index (χ2n) is 7.27. The van der Waals surface area contributed by atoms with Crippen LogP contribution >= 0.6 is 11.6 Å². The monoisotopic (exact) mass is 403 g/mol. The molecular weight excluding hydrogens is 378 g/mol. The molecule has 1 aliphatic rings. The SMILES string of the molecule is CC(=O)OOc1cccc(C2CCCC(NC[C@H](O)c3cccc(Cl)c3)C2)c1. The van der Waals surface area contributed by atoms with Gasteiger partial charge in [-0.2, -0.15) is 0 Å². The summed E-state index contributed by atoms with van der Waals surface area (Å²) in [6.45, 7) is 1.80. The van der Waals surface area contributed by atoms with Crippen LogP contribution in [0.5, 0.6) is 5.75 Å². The van der Waals surface area contributed by atoms with Crippen molar-refractivity contribution in [1.29, 1.82) is 0 Å². The Morgan fingerprint density at radius 1 is 1.25 bits per heavy atom. The lowest BCUT2D eigenvalue weighted by molar-refractivity contribution is -0.210. The predicted octanol–water partition coefficient (Wildman–Crippen LogP) is 4.55. The van der Waals surface area contributed by atoms with E-state index in [4.69, 9.17) is 16.5 Å². The second-order valence-corrected chi connectivity index (χ2v) is 7.71. The van der Waals surface area contributed by atoms with Crippen LogP contribution in [-0.2, 0) is 9.68 Å². The highest BCUT2D eigenvalue weighted by atomic mass is 35.5. The molecule has 0 aliphatic heterocycles. The zero-order valence-electron chi connectivity index (χ0n) is 15.9. The lowest BCUT2D eigenvalue weighted by Crippen LogP contribution is -2.36. The topological polar surface area (TPSA) is 67.8 Å². The molecule has 1 fully saturated rings. The van der Waals surface area contributed by atoms with E-state index < -0.39 is 12.1 Å². The summed E-state index contributed by atoms with van der Waals surface area (Å²) in [5, 5.41) is 14.5. The van der Waals surface area contributed by atoms with Crippen molar-refractivity contribution in [3.63, 3.8) is 0 Å². The van der Waals surface area contributed by atoms with Gasteiger partial charge in [-0.15, -0.1) is 0 Å². The molecule has 0 amide bonds. The maximum absolute atomic E-state index is 10.9. The average molecular weight is 404 g/mol. The van der Waals surface area contributed by atoms with Crippen LogP contribution in [-0.4, -0.2) is 23.7 Å². The Kier molecular flexibility index (Phi) is 7.31. The summed E-state index contributed by atoms with van der Waals surface area (Å²) in [6.07, 6.45) is 3.71. The van der Waals surface area contributed by atoms with E-state index in [1.165, 1.54) is 12.5 Å². The maximum atomic E-state index is 10.9. The smallest absolute Gasteiger partial charge is 0.352 e. The van der Waals surface area contributed by atoms with Crippen molar-refractivity contribution in [1.82, 2.24) is 5.32 Å². The quantitative estimate of drug-likeness (QED) is 0.524. The Labute approximate surface area is 170 Å². The molecule has 0 aromatic heterocycles. The normalized spacial score (nSPS) is 20.4. The first kappa shape index (κ1) is 20.6. The zero-order valence-corrected chi connectivity index (χ0v) is 16.7. The van der Waals surface area contributed by atoms with Crippen LogP contribution in [0.2, 0.25) is 5.02 Å². The van der Waals surface area contributed by atoms with Gasteiger partial charge in [0, 0.05) is 24.5 Å². The Morgan fingerprint density at radius 2 is 2.07 bits per heavy atom. The van der Waals surface area contributed by atoms with Crippen LogP contribution in [0.4, 0.5) is 0 Å². The molecule has 6 heteroatoms. The van der Waals surface area contributed by atoms with Crippen molar-refractivity contribution in [2.75, 3.05) is 6.54 Å². The largest absolute Gasteiger partial charge is 0.387 e. The first-order valence-corrected chi connectivity index (χ1v) is 10.0. The Balaban J connectivity index is 1.55. The van der Waals surface area contributed by atoms with Crippen LogP contribution in [0, 0.1) is 0 Å². The average Bonchev–Trinajstić information content (AvgIpc) is 2.71. The van der Waals surface area contributed by atoms with Crippen molar-refractivity contribution in [3.8, 4) is 5.75 Å². The van der Waals surface area contributed by atoms with Crippen LogP contribution in [0.25, 0.3) is 0 Å². The predicted molar refractivity (Wildman–Crippen MR) is 108 cm³/mol. The highest BCUT2D eigenvalue weighted by Crippen LogP contribution is 2.34. The molecule has 0 spiro atoms. The van der Waals surface area contributed by atoms with Crippen molar-refractivity contribution in [2.24, 2.45) is 0 Å². The van der Waals surface area contributed by atoms with E-state index >= 15 is 0 Å². The highest BCUT2D eigenvalue weighted by molar-refractivity contribution is 6.30. The molecule has 1 saturated carbocycles. The fourth-order valence-corrected chi connectivity index (χ4v) is 3.91. The van der Waals surface area contributed by atoms with E-state index in [1.54, 1.807) is 18.2 Å². The molecule has 2 aromatic carbocycles. The molecule has 3 rings (SSSR count). The first-order valence-electron chi connectivity index (χ1n) is 9.63. The Bertz CT molecular complexity index is 798. The number of hydrogen-bond donors (Lipinski definition) is 2. The fraction of sp³-hybridized carbons (Fsp3) is 0.409. The number of carbonyl (C=O) groups is 1. The van der Waals surface area contributed by atoms with Crippen molar-refractivity contribution >= 4 is 17.6 Å². The molecule has 0 saturated heterocycles. The van der Waals surface area contributed by atoms with Crippen LogP contribution < -0.4 is 10.2 Å². The van der Waals surface area contributed by atoms with Gasteiger partial charge in [-0.25, -0.2) is 4.79 Å². The van der Waals surface area contributed by atoms with E-state index in [1.807, 2.05) is 24.3 Å². The number of benzene rings is 2. The van der Waals surface area contributed by atoms with Gasteiger partial charge >= 0.3 is 5.97 Å². The minimum atomic E-state index is -0.584. The summed E-state index contributed by atoms with van der Waals surface area (Å²) in [7, 11) is 0. The van der Waals surface area contributed by atoms with Crippen LogP contribution in [0.15, 0.2) is 48.5 Å². The molecule has 2 aromatic rings. The molecule has 0 radical (unpaired) electrons. The number of nitrogens with one attached hydrogen (secondary N) is 1. The minimum absolute atomic E-state index is 0.339. The summed E-state index contributed by atoms with van der Waals surface area (Å²) in [5.74, 6) is 0.445. The maximum Gasteiger partial charge on any atom is 0.352 e. The van der Waals surface area contributed by atoms with Gasteiger partial charge in [0.05, 0.1) is 6.10 Å². The molecule has 0 bridgehead atoms. The van der Waals surface area contributed by atoms with E-state index in [0.717, 1.165) is 31.2 Å². The van der Waals surface area contributed by atoms with E-state index in [9.17, 15) is 9.90 Å². The molecular formula is C22H26ClNO4. The van der Waals surface area contributed by atoms with E-state index in [-0.39, 0.29) is 0 Å². The number of halogens is 1. The molecule has 2 unspecified atom stereocenters. The van der Waals surface area contributed by atoms with Crippen LogP contribution in [0.3, 0.4) is 0 Å². The van der Waals surface area contributed by atoms with E-state index in [2.05, 4.69) is 16.3 Å². The molecule has 1 aliphatic carbocycles. The lowest BCUT2D eigenvalue weighted by Gasteiger charge is -2.31. The Morgan fingerprint density at radius 3 is 2.86 bits per heavy atom. The third kappa shape index (κ3) is 5.96. The minimum Gasteiger partial charge on any atom is -0.387 e. The number of aliphatic hydroxyl groups is 1. The van der Waals surface area contributed by atoms with Gasteiger partial charge in [-0.05, 0) is 60.6 Å². The number of rotatable bonds is 7. The highest BCUT2D eigenvalue weighted by Gasteiger charge is 2.24. The molecule has 28 heavy (non-hydrogen) atoms. The fourth-order valence-electron chi connectivity index (χ4n) is 3.72. The number of carbonyl (C=O) groups excluding carboxylic acids is 1. The first-order chi connectivity index (χ1) is 13.5. The van der Waals surface area contributed by atoms with Crippen molar-refractivity contribution < 1.29 is 19.7 Å². The molecule has 3 atom stereocenters. The van der Waals surface area contributed by atoms with Crippen molar-refractivity contribution in [2.45, 2.75) is 50.7 Å². The second kappa shape index (κ2) is 9.92. The lowest BCUT2D eigenvalue weighted by atomic mass is 9.81. The van der Waals surface area contributed by atoms with Gasteiger partial charge in [0.15, 0.2) is 5.75 Å². The van der Waals surface area contributed by atoms with Gasteiger partial charge in [-0.3, -0.25) is 9.78 Å². The third-order valence-corrected chi connectivity index (χ3v) is 5.33. The molecule has 5 nitrogen and oxygen atoms in total. The number of hydrogen-bond acceptors (Lipinski definition) is 5. The summed E-state index contributed by atoms with van der Waals surface area (Å²) >= 11 is 6.01. The summed E-state index contributed by atoms with van der Waals surface area (Å²) in [5.41, 5.74) is 1.99. The van der Waals surface area contributed by atoms with E-state index in [0.29, 0.717) is 29.3 Å². The summed E-state index contributed by atoms with van der Waals surface area (Å²) in [6, 6.07) is 15.4. The molecule has 0 heterocycles. The summed E-state index contributed by atoms with van der Waals surface area (Å²) in [4.78, 5) is 20.6. The van der Waals surface area contributed by atoms with Gasteiger partial charge in [0.1, 0.15) is 0 Å². The molecule has 2 N–H and O–H groups in total. The Hall–Kier alpha value is -2.08. The summed E-state index contributed by atoms with van der Waals surface area (Å²) < 4.78 is 0. The van der Waals surface area contributed by atoms with Gasteiger partial charge < -0.3 is 10.4 Å².